The quantitative estimate of drug-likeness (QED) is 0.0247. The Morgan fingerprint density at radius 2 is 0.581 bits per heavy atom. The molecule has 0 aliphatic heterocycles. The lowest BCUT2D eigenvalue weighted by Crippen LogP contribution is -2.27. The summed E-state index contributed by atoms with van der Waals surface area (Å²) in [7, 11) is 0. The van der Waals surface area contributed by atoms with E-state index in [9.17, 15) is 47.9 Å². The molecule has 0 aromatic rings. The molecule has 0 heterocycles. The summed E-state index contributed by atoms with van der Waals surface area (Å²) in [5.74, 6) is -2.43. The van der Waals surface area contributed by atoms with E-state index in [2.05, 4.69) is 34.3 Å². The second kappa shape index (κ2) is 59.5. The summed E-state index contributed by atoms with van der Waals surface area (Å²) in [5, 5.41) is 0. The van der Waals surface area contributed by atoms with E-state index in [-0.39, 0.29) is 102 Å². The Labute approximate surface area is 520 Å². The largest absolute Gasteiger partial charge is 0.466 e. The maximum atomic E-state index is 11.6. The maximum absolute atomic E-state index is 11.6. The minimum Gasteiger partial charge on any atom is -0.466 e. The lowest BCUT2D eigenvalue weighted by Gasteiger charge is -2.20. The third kappa shape index (κ3) is 70.7. The molecule has 0 atom stereocenters. The summed E-state index contributed by atoms with van der Waals surface area (Å²) in [5.41, 5.74) is -0.240. The van der Waals surface area contributed by atoms with Gasteiger partial charge in [0, 0.05) is 38.8 Å². The van der Waals surface area contributed by atoms with Crippen molar-refractivity contribution >= 4 is 59.7 Å². The van der Waals surface area contributed by atoms with Gasteiger partial charge in [-0.25, -0.2) is 9.59 Å². The number of ether oxygens (including phenoxy) is 10. The average molecular weight is 1240 g/mol. The number of carbonyl (C=O) groups is 10. The standard InChI is InChI=1S/C14H26O4.C11H20O4.C11H20O2.C10H18O4.C9H18O2.C7H12O2.C4H8O2/c1-5-14(3,4)13(16)18-11-9-7-6-8-10-17-12(2)15;1-5-11(3,4)8-10(13)15-7-6-14-9(2)12;1-4-5-6-7-8-9-13-11(12)10(2)3;1-5-10(3,4)9(12)14-7-6-13-8(2)11;1-5-7-11-8(10)9(3,4)6-2;1-4-5-9-7(8)6(2)3;1-3-6-4(2)5/h5-11H2,1-4H3;5-8H2,1-4H3;2,4-9H2,1,3H3;5-7H2,1-4H3;5-7H2,1-4H3;2,4-5H2,1,3H3;3H2,1-2H3. The van der Waals surface area contributed by atoms with Crippen LogP contribution in [-0.2, 0) is 95.3 Å². The lowest BCUT2D eigenvalue weighted by molar-refractivity contribution is -0.158. The van der Waals surface area contributed by atoms with Crippen molar-refractivity contribution in [1.29, 1.82) is 0 Å². The molecule has 0 saturated carbocycles. The number of rotatable bonds is 35. The van der Waals surface area contributed by atoms with Crippen molar-refractivity contribution in [2.24, 2.45) is 21.7 Å². The third-order valence-electron chi connectivity index (χ3n) is 12.1. The van der Waals surface area contributed by atoms with E-state index in [0.29, 0.717) is 57.2 Å². The van der Waals surface area contributed by atoms with E-state index in [1.54, 1.807) is 20.8 Å². The molecule has 0 aromatic carbocycles. The van der Waals surface area contributed by atoms with Crippen LogP contribution >= 0.6 is 0 Å². The third-order valence-corrected chi connectivity index (χ3v) is 12.1. The molecule has 0 aromatic heterocycles. The molecule has 0 N–H and O–H groups in total. The molecule has 0 aliphatic rings. The monoisotopic (exact) mass is 1230 g/mol. The summed E-state index contributed by atoms with van der Waals surface area (Å²) >= 11 is 0. The molecule has 0 spiro atoms. The Kier molecular flexibility index (Phi) is 65.0. The first-order chi connectivity index (χ1) is 39.8. The van der Waals surface area contributed by atoms with Crippen molar-refractivity contribution in [3.05, 3.63) is 24.3 Å². The van der Waals surface area contributed by atoms with Crippen molar-refractivity contribution < 1.29 is 95.3 Å². The van der Waals surface area contributed by atoms with Gasteiger partial charge in [-0.3, -0.25) is 38.4 Å². The first-order valence-corrected chi connectivity index (χ1v) is 30.7. The minimum absolute atomic E-state index is 0.0292. The van der Waals surface area contributed by atoms with E-state index < -0.39 is 5.41 Å². The van der Waals surface area contributed by atoms with Crippen LogP contribution in [0.4, 0.5) is 0 Å². The molecule has 0 rings (SSSR count). The van der Waals surface area contributed by atoms with E-state index in [4.69, 9.17) is 33.2 Å². The number of carbonyl (C=O) groups excluding carboxylic acids is 10. The summed E-state index contributed by atoms with van der Waals surface area (Å²) in [6.07, 6.45) is 15.0. The normalized spacial score (nSPS) is 10.3. The molecule has 506 valence electrons. The Morgan fingerprint density at radius 1 is 0.302 bits per heavy atom. The highest BCUT2D eigenvalue weighted by Gasteiger charge is 2.28. The lowest BCUT2D eigenvalue weighted by atomic mass is 9.87. The number of unbranched alkanes of at least 4 members (excludes halogenated alkanes) is 7. The van der Waals surface area contributed by atoms with Crippen molar-refractivity contribution in [1.82, 2.24) is 0 Å². The zero-order chi connectivity index (χ0) is 68.4. The van der Waals surface area contributed by atoms with Crippen LogP contribution in [0.3, 0.4) is 0 Å². The number of esters is 10. The molecule has 20 nitrogen and oxygen atoms in total. The highest BCUT2D eigenvalue weighted by molar-refractivity contribution is 5.87. The van der Waals surface area contributed by atoms with Gasteiger partial charge in [0.15, 0.2) is 0 Å². The fraction of sp³-hybridized carbons (Fsp3) is 0.788. The smallest absolute Gasteiger partial charge is 0.333 e. The van der Waals surface area contributed by atoms with E-state index in [1.165, 1.54) is 47.0 Å². The summed E-state index contributed by atoms with van der Waals surface area (Å²) in [4.78, 5) is 108. The van der Waals surface area contributed by atoms with Crippen LogP contribution in [0.25, 0.3) is 0 Å². The van der Waals surface area contributed by atoms with E-state index in [0.717, 1.165) is 77.0 Å². The fourth-order valence-corrected chi connectivity index (χ4v) is 4.89. The summed E-state index contributed by atoms with van der Waals surface area (Å²) < 4.78 is 48.2. The van der Waals surface area contributed by atoms with Gasteiger partial charge in [0.05, 0.1) is 62.3 Å². The fourth-order valence-electron chi connectivity index (χ4n) is 4.89. The van der Waals surface area contributed by atoms with Gasteiger partial charge >= 0.3 is 59.7 Å². The number of hydrogen-bond acceptors (Lipinski definition) is 20. The maximum Gasteiger partial charge on any atom is 0.333 e. The molecule has 0 fully saturated rings. The topological polar surface area (TPSA) is 263 Å². The Bertz CT molecular complexity index is 1860. The molecule has 86 heavy (non-hydrogen) atoms. The number of hydrogen-bond donors (Lipinski definition) is 0. The first-order valence-electron chi connectivity index (χ1n) is 30.7. The molecule has 0 bridgehead atoms. The van der Waals surface area contributed by atoms with Crippen molar-refractivity contribution in [3.8, 4) is 0 Å². The van der Waals surface area contributed by atoms with Crippen LogP contribution in [-0.4, -0.2) is 126 Å². The van der Waals surface area contributed by atoms with Gasteiger partial charge in [-0.1, -0.05) is 108 Å². The van der Waals surface area contributed by atoms with Gasteiger partial charge in [-0.05, 0) is 132 Å². The van der Waals surface area contributed by atoms with E-state index in [1.807, 2.05) is 96.9 Å². The van der Waals surface area contributed by atoms with Crippen LogP contribution in [0.15, 0.2) is 24.3 Å². The molecule has 0 saturated heterocycles. The Balaban J connectivity index is -0.000000173. The molecule has 0 aliphatic carbocycles. The molecule has 0 unspecified atom stereocenters. The zero-order valence-corrected chi connectivity index (χ0v) is 58.0. The van der Waals surface area contributed by atoms with Crippen molar-refractivity contribution in [2.75, 3.05) is 66.1 Å². The van der Waals surface area contributed by atoms with Crippen LogP contribution in [0, 0.1) is 21.7 Å². The molecule has 0 radical (unpaired) electrons. The highest BCUT2D eigenvalue weighted by Crippen LogP contribution is 2.25. The average Bonchev–Trinajstić information content (AvgIpc) is 3.44. The minimum atomic E-state index is -0.462. The summed E-state index contributed by atoms with van der Waals surface area (Å²) in [6.45, 7) is 50.3. The van der Waals surface area contributed by atoms with Crippen molar-refractivity contribution in [3.63, 3.8) is 0 Å². The van der Waals surface area contributed by atoms with Gasteiger partial charge in [0.25, 0.3) is 0 Å². The summed E-state index contributed by atoms with van der Waals surface area (Å²) in [6, 6.07) is 0. The van der Waals surface area contributed by atoms with Crippen LogP contribution in [0.5, 0.6) is 0 Å². The van der Waals surface area contributed by atoms with Gasteiger partial charge in [-0.15, -0.1) is 0 Å². The second-order valence-electron chi connectivity index (χ2n) is 22.6. The van der Waals surface area contributed by atoms with Gasteiger partial charge in [-0.2, -0.15) is 0 Å². The Hall–Kier alpha value is -5.82. The van der Waals surface area contributed by atoms with Crippen LogP contribution in [0.1, 0.15) is 255 Å². The van der Waals surface area contributed by atoms with Crippen LogP contribution < -0.4 is 0 Å². The van der Waals surface area contributed by atoms with Gasteiger partial charge in [0.2, 0.25) is 0 Å². The van der Waals surface area contributed by atoms with E-state index >= 15 is 0 Å². The zero-order valence-electron chi connectivity index (χ0n) is 58.0. The SMILES string of the molecule is C=C(C)C(=O)OCCC.C=C(C)C(=O)OCCCCCCC.CCC(C)(C)C(=O)OCCCCCCOC(C)=O.CCC(C)(C)C(=O)OCCOC(C)=O.CCC(C)(C)CC(=O)OCCOC(C)=O.CCCOC(=O)C(C)(C)CC.CCOC(C)=O. The van der Waals surface area contributed by atoms with Crippen molar-refractivity contribution in [2.45, 2.75) is 255 Å². The molecule has 20 heteroatoms. The predicted octanol–water partition coefficient (Wildman–Crippen LogP) is 14.1. The first kappa shape index (κ1) is 93.9. The predicted molar refractivity (Wildman–Crippen MR) is 336 cm³/mol. The van der Waals surface area contributed by atoms with Crippen LogP contribution in [0.2, 0.25) is 0 Å². The molecular formula is C66H122O20. The second-order valence-corrected chi connectivity index (χ2v) is 22.6. The van der Waals surface area contributed by atoms with Gasteiger partial charge in [0.1, 0.15) is 26.4 Å². The van der Waals surface area contributed by atoms with Gasteiger partial charge < -0.3 is 47.4 Å². The molecule has 0 amide bonds. The molecular weight excluding hydrogens is 1110 g/mol. The highest BCUT2D eigenvalue weighted by atomic mass is 16.6. The Morgan fingerprint density at radius 3 is 0.884 bits per heavy atom.